The van der Waals surface area contributed by atoms with Crippen LogP contribution in [0.2, 0.25) is 0 Å². The summed E-state index contributed by atoms with van der Waals surface area (Å²) in [5, 5.41) is 0. The number of benzene rings is 1. The highest BCUT2D eigenvalue weighted by Gasteiger charge is 2.03. The van der Waals surface area contributed by atoms with Crippen LogP contribution in [0.4, 0.5) is 8.78 Å². The lowest BCUT2D eigenvalue weighted by Crippen LogP contribution is -1.85. The molecule has 0 radical (unpaired) electrons. The molecule has 0 bridgehead atoms. The molecule has 0 atom stereocenters. The van der Waals surface area contributed by atoms with Gasteiger partial charge in [0.2, 0.25) is 0 Å². The van der Waals surface area contributed by atoms with Crippen molar-refractivity contribution < 1.29 is 8.78 Å². The van der Waals surface area contributed by atoms with Gasteiger partial charge in [-0.2, -0.15) is 0 Å². The van der Waals surface area contributed by atoms with Crippen LogP contribution < -0.4 is 0 Å². The quantitative estimate of drug-likeness (QED) is 0.675. The van der Waals surface area contributed by atoms with Crippen molar-refractivity contribution in [3.05, 3.63) is 54.4 Å². The van der Waals surface area contributed by atoms with Crippen molar-refractivity contribution >= 4 is 0 Å². The maximum Gasteiger partial charge on any atom is 0.149 e. The third-order valence-corrected chi connectivity index (χ3v) is 1.93. The van der Waals surface area contributed by atoms with Crippen LogP contribution in [0.25, 0.3) is 11.1 Å². The highest BCUT2D eigenvalue weighted by molar-refractivity contribution is 5.63. The standard InChI is InChI=1S/C11H7F2N/c12-9-3-1-8(2-4-9)10-5-6-14-7-11(10)13/h1-7H. The molecule has 70 valence electrons. The molecule has 0 saturated heterocycles. The van der Waals surface area contributed by atoms with Crippen molar-refractivity contribution in [1.29, 1.82) is 0 Å². The van der Waals surface area contributed by atoms with Crippen LogP contribution in [0.15, 0.2) is 42.7 Å². The molecule has 1 heterocycles. The molecule has 2 rings (SSSR count). The van der Waals surface area contributed by atoms with Crippen LogP contribution in [-0.4, -0.2) is 4.98 Å². The van der Waals surface area contributed by atoms with Crippen molar-refractivity contribution in [3.8, 4) is 11.1 Å². The molecule has 0 aliphatic carbocycles. The van der Waals surface area contributed by atoms with Gasteiger partial charge in [0.15, 0.2) is 0 Å². The van der Waals surface area contributed by atoms with Crippen LogP contribution in [0.1, 0.15) is 0 Å². The van der Waals surface area contributed by atoms with Crippen LogP contribution in [0.3, 0.4) is 0 Å². The molecule has 0 amide bonds. The van der Waals surface area contributed by atoms with Crippen molar-refractivity contribution in [2.24, 2.45) is 0 Å². The predicted molar refractivity (Wildman–Crippen MR) is 49.6 cm³/mol. The van der Waals surface area contributed by atoms with Gasteiger partial charge < -0.3 is 0 Å². The Bertz CT molecular complexity index is 437. The monoisotopic (exact) mass is 191 g/mol. The van der Waals surface area contributed by atoms with Crippen LogP contribution in [-0.2, 0) is 0 Å². The van der Waals surface area contributed by atoms with Crippen molar-refractivity contribution in [2.75, 3.05) is 0 Å². The van der Waals surface area contributed by atoms with Gasteiger partial charge in [0.1, 0.15) is 11.6 Å². The Kier molecular flexibility index (Phi) is 2.23. The molecule has 0 saturated carbocycles. The predicted octanol–water partition coefficient (Wildman–Crippen LogP) is 3.03. The third-order valence-electron chi connectivity index (χ3n) is 1.93. The molecule has 0 spiro atoms. The number of hydrogen-bond acceptors (Lipinski definition) is 1. The first-order chi connectivity index (χ1) is 6.77. The van der Waals surface area contributed by atoms with Gasteiger partial charge in [-0.15, -0.1) is 0 Å². The van der Waals surface area contributed by atoms with E-state index in [1.54, 1.807) is 6.07 Å². The normalized spacial score (nSPS) is 10.1. The number of rotatable bonds is 1. The molecule has 0 aliphatic heterocycles. The zero-order chi connectivity index (χ0) is 9.97. The third kappa shape index (κ3) is 1.62. The van der Waals surface area contributed by atoms with E-state index in [0.717, 1.165) is 6.20 Å². The van der Waals surface area contributed by atoms with Crippen molar-refractivity contribution in [1.82, 2.24) is 4.98 Å². The Morgan fingerprint density at radius 2 is 1.64 bits per heavy atom. The summed E-state index contributed by atoms with van der Waals surface area (Å²) >= 11 is 0. The van der Waals surface area contributed by atoms with E-state index in [1.165, 1.54) is 30.5 Å². The fourth-order valence-electron chi connectivity index (χ4n) is 1.24. The zero-order valence-electron chi connectivity index (χ0n) is 7.24. The Morgan fingerprint density at radius 3 is 2.29 bits per heavy atom. The number of hydrogen-bond donors (Lipinski definition) is 0. The fraction of sp³-hybridized carbons (Fsp3) is 0. The maximum absolute atomic E-state index is 13.2. The Hall–Kier alpha value is -1.77. The second kappa shape index (κ2) is 3.54. The fourth-order valence-corrected chi connectivity index (χ4v) is 1.24. The van der Waals surface area contributed by atoms with E-state index >= 15 is 0 Å². The molecule has 0 unspecified atom stereocenters. The minimum absolute atomic E-state index is 0.330. The minimum Gasteiger partial charge on any atom is -0.262 e. The molecule has 0 N–H and O–H groups in total. The SMILES string of the molecule is Fc1ccc(-c2ccncc2F)cc1. The highest BCUT2D eigenvalue weighted by Crippen LogP contribution is 2.21. The molecule has 0 aliphatic rings. The minimum atomic E-state index is -0.404. The average molecular weight is 191 g/mol. The molecule has 0 fully saturated rings. The average Bonchev–Trinajstić information content (AvgIpc) is 2.20. The van der Waals surface area contributed by atoms with Gasteiger partial charge in [-0.1, -0.05) is 12.1 Å². The first kappa shape index (κ1) is 8.81. The number of halogens is 2. The summed E-state index contributed by atoms with van der Waals surface area (Å²) in [6.07, 6.45) is 2.64. The molecule has 2 aromatic rings. The lowest BCUT2D eigenvalue weighted by molar-refractivity contribution is 0.622. The first-order valence-electron chi connectivity index (χ1n) is 4.13. The first-order valence-corrected chi connectivity index (χ1v) is 4.13. The largest absolute Gasteiger partial charge is 0.262 e. The molecule has 14 heavy (non-hydrogen) atoms. The highest BCUT2D eigenvalue weighted by atomic mass is 19.1. The van der Waals surface area contributed by atoms with Crippen LogP contribution in [0, 0.1) is 11.6 Å². The second-order valence-corrected chi connectivity index (χ2v) is 2.86. The van der Waals surface area contributed by atoms with Crippen molar-refractivity contribution in [2.45, 2.75) is 0 Å². The van der Waals surface area contributed by atoms with E-state index in [0.29, 0.717) is 11.1 Å². The number of nitrogens with zero attached hydrogens (tertiary/aromatic N) is 1. The van der Waals surface area contributed by atoms with Gasteiger partial charge >= 0.3 is 0 Å². The van der Waals surface area contributed by atoms with E-state index in [4.69, 9.17) is 0 Å². The summed E-state index contributed by atoms with van der Waals surface area (Å²) < 4.78 is 25.8. The molecular weight excluding hydrogens is 184 g/mol. The van der Waals surface area contributed by atoms with Gasteiger partial charge in [-0.05, 0) is 23.8 Å². The number of aromatic nitrogens is 1. The van der Waals surface area contributed by atoms with Gasteiger partial charge in [-0.3, -0.25) is 4.98 Å². The Balaban J connectivity index is 2.50. The van der Waals surface area contributed by atoms with Gasteiger partial charge in [-0.25, -0.2) is 8.78 Å². The molecule has 1 aromatic carbocycles. The summed E-state index contributed by atoms with van der Waals surface area (Å²) in [5.74, 6) is -0.734. The van der Waals surface area contributed by atoms with Gasteiger partial charge in [0, 0.05) is 11.8 Å². The molecule has 1 aromatic heterocycles. The molecular formula is C11H7F2N. The summed E-state index contributed by atoms with van der Waals surface area (Å²) in [4.78, 5) is 3.64. The lowest BCUT2D eigenvalue weighted by Gasteiger charge is -2.01. The summed E-state index contributed by atoms with van der Waals surface area (Å²) in [5.41, 5.74) is 1.08. The van der Waals surface area contributed by atoms with Crippen LogP contribution in [0.5, 0.6) is 0 Å². The summed E-state index contributed by atoms with van der Waals surface area (Å²) in [6.45, 7) is 0. The number of pyridine rings is 1. The smallest absolute Gasteiger partial charge is 0.149 e. The summed E-state index contributed by atoms with van der Waals surface area (Å²) in [6, 6.07) is 7.23. The topological polar surface area (TPSA) is 12.9 Å². The van der Waals surface area contributed by atoms with E-state index in [2.05, 4.69) is 4.98 Å². The van der Waals surface area contributed by atoms with E-state index in [9.17, 15) is 8.78 Å². The zero-order valence-corrected chi connectivity index (χ0v) is 7.24. The molecule has 1 nitrogen and oxygen atoms in total. The Labute approximate surface area is 80.0 Å². The van der Waals surface area contributed by atoms with E-state index < -0.39 is 5.82 Å². The van der Waals surface area contributed by atoms with E-state index in [1.807, 2.05) is 0 Å². The van der Waals surface area contributed by atoms with E-state index in [-0.39, 0.29) is 5.82 Å². The Morgan fingerprint density at radius 1 is 0.929 bits per heavy atom. The maximum atomic E-state index is 13.2. The van der Waals surface area contributed by atoms with Gasteiger partial charge in [0.25, 0.3) is 0 Å². The van der Waals surface area contributed by atoms with Gasteiger partial charge in [0.05, 0.1) is 6.20 Å². The van der Waals surface area contributed by atoms with Crippen molar-refractivity contribution in [3.63, 3.8) is 0 Å². The molecule has 3 heteroatoms. The van der Waals surface area contributed by atoms with Crippen LogP contribution >= 0.6 is 0 Å². The summed E-state index contributed by atoms with van der Waals surface area (Å²) in [7, 11) is 0. The second-order valence-electron chi connectivity index (χ2n) is 2.86. The lowest BCUT2D eigenvalue weighted by atomic mass is 10.1.